The van der Waals surface area contributed by atoms with E-state index in [1.807, 2.05) is 0 Å². The summed E-state index contributed by atoms with van der Waals surface area (Å²) < 4.78 is -2.14. The van der Waals surface area contributed by atoms with Crippen molar-refractivity contribution in [3.05, 3.63) is 0 Å². The van der Waals surface area contributed by atoms with E-state index in [0.717, 1.165) is 0 Å². The molecule has 0 aromatic rings. The van der Waals surface area contributed by atoms with E-state index in [0.29, 0.717) is 0 Å². The third-order valence-electron chi connectivity index (χ3n) is 0.745. The molecule has 0 aromatic heterocycles. The molecule has 0 rings (SSSR count). The molecule has 0 N–H and O–H groups in total. The van der Waals surface area contributed by atoms with Crippen LogP contribution in [0.25, 0.3) is 0 Å². The van der Waals surface area contributed by atoms with E-state index in [2.05, 4.69) is 0 Å². The van der Waals surface area contributed by atoms with Gasteiger partial charge in [0.1, 0.15) is 18.2 Å². The van der Waals surface area contributed by atoms with Gasteiger partial charge in [-0.2, -0.15) is 15.8 Å². The second-order valence-electron chi connectivity index (χ2n) is 1.42. The molecule has 0 amide bonds. The third kappa shape index (κ3) is 6.12. The summed E-state index contributed by atoms with van der Waals surface area (Å²) >= 11 is -0.0475. The SMILES string of the molecule is N#CC(C#N)(C#N)SB([O-])[O-].[Li+].[Li+]. The van der Waals surface area contributed by atoms with Gasteiger partial charge >= 0.3 is 37.7 Å². The van der Waals surface area contributed by atoms with E-state index >= 15 is 0 Å². The van der Waals surface area contributed by atoms with Crippen LogP contribution in [0.5, 0.6) is 0 Å². The van der Waals surface area contributed by atoms with Crippen LogP contribution >= 0.6 is 11.6 Å². The molecule has 0 fully saturated rings. The summed E-state index contributed by atoms with van der Waals surface area (Å²) in [6.45, 7) is 0. The van der Waals surface area contributed by atoms with Crippen molar-refractivity contribution in [2.24, 2.45) is 0 Å². The van der Waals surface area contributed by atoms with E-state index in [4.69, 9.17) is 15.8 Å². The van der Waals surface area contributed by atoms with Crippen molar-refractivity contribution < 1.29 is 47.8 Å². The van der Waals surface area contributed by atoms with E-state index < -0.39 is 11.1 Å². The van der Waals surface area contributed by atoms with Crippen molar-refractivity contribution in [1.29, 1.82) is 15.8 Å². The minimum absolute atomic E-state index is 0. The van der Waals surface area contributed by atoms with Gasteiger partial charge in [0.05, 0.1) is 0 Å². The smallest absolute Gasteiger partial charge is 0.884 e. The molecule has 0 aliphatic heterocycles. The number of rotatable bonds is 2. The summed E-state index contributed by atoms with van der Waals surface area (Å²) in [5.41, 5.74) is 0. The van der Waals surface area contributed by atoms with E-state index in [-0.39, 0.29) is 49.3 Å². The van der Waals surface area contributed by atoms with Gasteiger partial charge in [0.15, 0.2) is 0 Å². The first kappa shape index (κ1) is 18.7. The normalized spacial score (nSPS) is 7.62. The van der Waals surface area contributed by atoms with E-state index in [1.165, 1.54) is 18.2 Å². The summed E-state index contributed by atoms with van der Waals surface area (Å²) in [6.07, 6.45) is -2.39. The van der Waals surface area contributed by atoms with Gasteiger partial charge in [0.2, 0.25) is 0 Å². The molecule has 0 aromatic carbocycles. The zero-order chi connectivity index (χ0) is 8.91. The van der Waals surface area contributed by atoms with Crippen LogP contribution in [0.3, 0.4) is 0 Å². The molecular weight excluding hydrogens is 179 g/mol. The summed E-state index contributed by atoms with van der Waals surface area (Å²) in [7, 11) is 0. The molecule has 0 aliphatic rings. The first-order chi connectivity index (χ1) is 5.10. The van der Waals surface area contributed by atoms with Crippen LogP contribution in [0.1, 0.15) is 0 Å². The van der Waals surface area contributed by atoms with Gasteiger partial charge in [0, 0.05) is 0 Å². The van der Waals surface area contributed by atoms with Crippen LogP contribution in [-0.4, -0.2) is 11.1 Å². The fraction of sp³-hybridized carbons (Fsp3) is 0.250. The van der Waals surface area contributed by atoms with Crippen LogP contribution < -0.4 is 47.8 Å². The van der Waals surface area contributed by atoms with Crippen molar-refractivity contribution in [3.63, 3.8) is 0 Å². The molecule has 5 nitrogen and oxygen atoms in total. The average Bonchev–Trinajstić information content (AvgIpc) is 2.00. The Morgan fingerprint density at radius 1 is 1.00 bits per heavy atom. The van der Waals surface area contributed by atoms with Crippen molar-refractivity contribution >= 4 is 18.0 Å². The van der Waals surface area contributed by atoms with Crippen molar-refractivity contribution in [2.75, 3.05) is 0 Å². The van der Waals surface area contributed by atoms with Crippen LogP contribution in [0.2, 0.25) is 0 Å². The fourth-order valence-electron chi connectivity index (χ4n) is 0.298. The molecule has 13 heavy (non-hydrogen) atoms. The first-order valence-corrected chi connectivity index (χ1v) is 3.21. The van der Waals surface area contributed by atoms with Gasteiger partial charge in [-0.15, -0.1) is 0 Å². The molecule has 0 radical (unpaired) electrons. The van der Waals surface area contributed by atoms with Crippen molar-refractivity contribution in [3.8, 4) is 18.2 Å². The number of nitrogens with zero attached hydrogens (tertiary/aromatic N) is 3. The maximum absolute atomic E-state index is 9.97. The Morgan fingerprint density at radius 2 is 1.31 bits per heavy atom. The second kappa shape index (κ2) is 8.59. The summed E-state index contributed by atoms with van der Waals surface area (Å²) in [6, 6.07) is 3.86. The quantitative estimate of drug-likeness (QED) is 0.388. The standard InChI is InChI=1S/C4BN3O2S.2Li/c6-1-4(2-7,3-8)11-5(9)10;;/q-2;2*+1. The predicted octanol–water partition coefficient (Wildman–Crippen LogP) is -8.26. The summed E-state index contributed by atoms with van der Waals surface area (Å²) in [4.78, 5) is 0. The van der Waals surface area contributed by atoms with Gasteiger partial charge in [-0.3, -0.25) is 0 Å². The predicted molar refractivity (Wildman–Crippen MR) is 32.9 cm³/mol. The Morgan fingerprint density at radius 3 is 1.38 bits per heavy atom. The molecular formula is C4BLi2N3O2S. The monoisotopic (exact) mass is 179 g/mol. The van der Waals surface area contributed by atoms with Crippen LogP contribution in [0.4, 0.5) is 0 Å². The van der Waals surface area contributed by atoms with Crippen molar-refractivity contribution in [1.82, 2.24) is 0 Å². The molecule has 0 aliphatic carbocycles. The van der Waals surface area contributed by atoms with Gasteiger partial charge in [-0.25, -0.2) is 11.6 Å². The van der Waals surface area contributed by atoms with E-state index in [9.17, 15) is 10.0 Å². The third-order valence-corrected chi connectivity index (χ3v) is 1.57. The molecule has 0 saturated carbocycles. The molecule has 0 heterocycles. The molecule has 0 bridgehead atoms. The molecule has 54 valence electrons. The topological polar surface area (TPSA) is 117 Å². The number of hydrogen-bond donors (Lipinski definition) is 0. The van der Waals surface area contributed by atoms with Crippen LogP contribution in [0, 0.1) is 34.0 Å². The average molecular weight is 179 g/mol. The van der Waals surface area contributed by atoms with Crippen LogP contribution in [0.15, 0.2) is 0 Å². The Kier molecular flexibility index (Phi) is 12.4. The minimum atomic E-state index is -2.39. The summed E-state index contributed by atoms with van der Waals surface area (Å²) in [5, 5.41) is 44.6. The fourth-order valence-corrected chi connectivity index (χ4v) is 0.745. The van der Waals surface area contributed by atoms with Crippen molar-refractivity contribution in [2.45, 2.75) is 4.75 Å². The van der Waals surface area contributed by atoms with Gasteiger partial charge in [0.25, 0.3) is 4.75 Å². The van der Waals surface area contributed by atoms with E-state index in [1.54, 1.807) is 0 Å². The molecule has 9 heteroatoms. The Balaban J connectivity index is -0.000000500. The Hall–Kier alpha value is -0.000260. The largest absolute Gasteiger partial charge is 1.00 e. The van der Waals surface area contributed by atoms with Gasteiger partial charge < -0.3 is 10.0 Å². The molecule has 0 unspecified atom stereocenters. The second-order valence-corrected chi connectivity index (χ2v) is 2.66. The Labute approximate surface area is 104 Å². The zero-order valence-electron chi connectivity index (χ0n) is 7.14. The number of hydrogen-bond acceptors (Lipinski definition) is 6. The first-order valence-electron chi connectivity index (χ1n) is 2.33. The van der Waals surface area contributed by atoms with Crippen LogP contribution in [-0.2, 0) is 0 Å². The molecule has 0 atom stereocenters. The van der Waals surface area contributed by atoms with Gasteiger partial charge in [-0.05, 0) is 6.40 Å². The summed E-state index contributed by atoms with van der Waals surface area (Å²) in [5.74, 6) is 0. The number of nitriles is 3. The minimum Gasteiger partial charge on any atom is -0.884 e. The molecule has 0 saturated heterocycles. The zero-order valence-corrected chi connectivity index (χ0v) is 7.96. The maximum atomic E-state index is 9.97. The molecule has 0 spiro atoms. The van der Waals surface area contributed by atoms with Gasteiger partial charge in [-0.1, -0.05) is 0 Å². The maximum Gasteiger partial charge on any atom is 1.00 e. The Bertz CT molecular complexity index is 232.